The van der Waals surface area contributed by atoms with Gasteiger partial charge < -0.3 is 10.2 Å². The van der Waals surface area contributed by atoms with E-state index in [1.807, 2.05) is 71.8 Å². The van der Waals surface area contributed by atoms with Crippen molar-refractivity contribution in [2.24, 2.45) is 5.10 Å². The van der Waals surface area contributed by atoms with Crippen molar-refractivity contribution in [2.75, 3.05) is 5.01 Å². The predicted octanol–water partition coefficient (Wildman–Crippen LogP) is 6.11. The first-order valence-corrected chi connectivity index (χ1v) is 10.0. The van der Waals surface area contributed by atoms with E-state index in [4.69, 9.17) is 16.7 Å². The molecule has 0 fully saturated rings. The van der Waals surface area contributed by atoms with Crippen molar-refractivity contribution >= 4 is 35.2 Å². The maximum atomic E-state index is 9.47. The van der Waals surface area contributed by atoms with Gasteiger partial charge in [0, 0.05) is 11.4 Å². The van der Waals surface area contributed by atoms with Gasteiger partial charge >= 0.3 is 0 Å². The van der Waals surface area contributed by atoms with Crippen LogP contribution in [0.5, 0.6) is 11.5 Å². The summed E-state index contributed by atoms with van der Waals surface area (Å²) in [6.07, 6.45) is 8.87. The largest absolute Gasteiger partial charge is 0.508 e. The van der Waals surface area contributed by atoms with Crippen molar-refractivity contribution < 1.29 is 10.2 Å². The number of hydrazone groups is 1. The molecule has 1 aliphatic heterocycles. The zero-order valence-corrected chi connectivity index (χ0v) is 16.9. The molecule has 0 saturated heterocycles. The SMILES string of the molecule is Oc1ccc(/C=C/C2=NN(c3cccc(Cl)c3)C(/C=C/c3ccc(O)cc3)C2)cc1. The Bertz CT molecular complexity index is 1100. The summed E-state index contributed by atoms with van der Waals surface area (Å²) in [7, 11) is 0. The molecular weight excluding hydrogens is 396 g/mol. The highest BCUT2D eigenvalue weighted by Crippen LogP contribution is 2.28. The number of allylic oxidation sites excluding steroid dienone is 1. The van der Waals surface area contributed by atoms with Crippen molar-refractivity contribution in [2.45, 2.75) is 12.5 Å². The van der Waals surface area contributed by atoms with E-state index in [1.165, 1.54) is 0 Å². The van der Waals surface area contributed by atoms with Gasteiger partial charge in [0.15, 0.2) is 0 Å². The minimum Gasteiger partial charge on any atom is -0.508 e. The number of benzene rings is 3. The number of rotatable bonds is 5. The Morgan fingerprint density at radius 2 is 1.47 bits per heavy atom. The molecule has 0 radical (unpaired) electrons. The van der Waals surface area contributed by atoms with Crippen LogP contribution in [0.1, 0.15) is 17.5 Å². The molecule has 0 saturated carbocycles. The lowest BCUT2D eigenvalue weighted by atomic mass is 10.1. The number of aromatic hydroxyl groups is 2. The second-order valence-corrected chi connectivity index (χ2v) is 7.50. The van der Waals surface area contributed by atoms with Gasteiger partial charge in [-0.05, 0) is 59.7 Å². The van der Waals surface area contributed by atoms with E-state index in [0.29, 0.717) is 5.02 Å². The van der Waals surface area contributed by atoms with E-state index in [1.54, 1.807) is 24.3 Å². The summed E-state index contributed by atoms with van der Waals surface area (Å²) in [6, 6.07) is 21.8. The van der Waals surface area contributed by atoms with Gasteiger partial charge in [0.05, 0.1) is 17.4 Å². The number of nitrogens with zero attached hydrogens (tertiary/aromatic N) is 2. The molecule has 0 bridgehead atoms. The van der Waals surface area contributed by atoms with E-state index in [2.05, 4.69) is 6.08 Å². The molecule has 150 valence electrons. The minimum absolute atomic E-state index is 0.0386. The summed E-state index contributed by atoms with van der Waals surface area (Å²) < 4.78 is 0. The van der Waals surface area contributed by atoms with Gasteiger partial charge in [-0.1, -0.05) is 60.2 Å². The minimum atomic E-state index is 0.0386. The molecule has 1 atom stereocenters. The summed E-state index contributed by atoms with van der Waals surface area (Å²) >= 11 is 6.20. The third kappa shape index (κ3) is 4.91. The van der Waals surface area contributed by atoms with E-state index < -0.39 is 0 Å². The Morgan fingerprint density at radius 1 is 0.833 bits per heavy atom. The van der Waals surface area contributed by atoms with Gasteiger partial charge in [-0.3, -0.25) is 5.01 Å². The van der Waals surface area contributed by atoms with Crippen LogP contribution >= 0.6 is 11.6 Å². The molecule has 3 aromatic carbocycles. The number of phenols is 2. The number of halogens is 1. The third-order valence-electron chi connectivity index (χ3n) is 4.81. The smallest absolute Gasteiger partial charge is 0.115 e. The first kappa shape index (κ1) is 19.8. The Hall–Kier alpha value is -3.50. The van der Waals surface area contributed by atoms with Gasteiger partial charge in [-0.2, -0.15) is 5.10 Å². The fraction of sp³-hybridized carbons (Fsp3) is 0.0800. The van der Waals surface area contributed by atoms with Gasteiger partial charge in [-0.25, -0.2) is 0 Å². The van der Waals surface area contributed by atoms with Crippen LogP contribution in [0.2, 0.25) is 5.02 Å². The topological polar surface area (TPSA) is 56.1 Å². The number of anilines is 1. The molecule has 0 spiro atoms. The Balaban J connectivity index is 1.58. The van der Waals surface area contributed by atoms with Crippen molar-refractivity contribution in [1.82, 2.24) is 0 Å². The van der Waals surface area contributed by atoms with Crippen LogP contribution in [-0.2, 0) is 0 Å². The lowest BCUT2D eigenvalue weighted by molar-refractivity contribution is 0.474. The fourth-order valence-electron chi connectivity index (χ4n) is 3.26. The van der Waals surface area contributed by atoms with Crippen LogP contribution < -0.4 is 5.01 Å². The average Bonchev–Trinajstić information content (AvgIpc) is 3.16. The summed E-state index contributed by atoms with van der Waals surface area (Å²) in [5, 5.41) is 26.3. The van der Waals surface area contributed by atoms with E-state index in [9.17, 15) is 10.2 Å². The molecule has 4 nitrogen and oxygen atoms in total. The van der Waals surface area contributed by atoms with Crippen molar-refractivity contribution in [3.8, 4) is 11.5 Å². The van der Waals surface area contributed by atoms with Gasteiger partial charge in [0.25, 0.3) is 0 Å². The highest BCUT2D eigenvalue weighted by atomic mass is 35.5. The van der Waals surface area contributed by atoms with Crippen molar-refractivity contribution in [1.29, 1.82) is 0 Å². The maximum Gasteiger partial charge on any atom is 0.115 e. The Morgan fingerprint density at radius 3 is 2.10 bits per heavy atom. The van der Waals surface area contributed by atoms with Crippen LogP contribution in [0.4, 0.5) is 5.69 Å². The quantitative estimate of drug-likeness (QED) is 0.527. The average molecular weight is 417 g/mol. The molecule has 2 N–H and O–H groups in total. The first-order chi connectivity index (χ1) is 14.6. The molecule has 0 aromatic heterocycles. The van der Waals surface area contributed by atoms with Crippen LogP contribution in [0.3, 0.4) is 0 Å². The highest BCUT2D eigenvalue weighted by molar-refractivity contribution is 6.30. The van der Waals surface area contributed by atoms with E-state index in [-0.39, 0.29) is 17.5 Å². The third-order valence-corrected chi connectivity index (χ3v) is 5.04. The second kappa shape index (κ2) is 8.89. The molecule has 4 rings (SSSR count). The summed E-state index contributed by atoms with van der Waals surface area (Å²) in [4.78, 5) is 0. The van der Waals surface area contributed by atoms with Gasteiger partial charge in [0.2, 0.25) is 0 Å². The summed E-state index contributed by atoms with van der Waals surface area (Å²) in [5.41, 5.74) is 3.87. The molecule has 30 heavy (non-hydrogen) atoms. The maximum absolute atomic E-state index is 9.47. The van der Waals surface area contributed by atoms with Crippen molar-refractivity contribution in [3.63, 3.8) is 0 Å². The number of hydrogen-bond donors (Lipinski definition) is 2. The molecule has 5 heteroatoms. The van der Waals surface area contributed by atoms with Crippen LogP contribution in [0.25, 0.3) is 12.2 Å². The zero-order valence-electron chi connectivity index (χ0n) is 16.2. The highest BCUT2D eigenvalue weighted by Gasteiger charge is 2.24. The molecular formula is C25H21ClN2O2. The normalized spacial score (nSPS) is 16.5. The molecule has 1 aliphatic rings. The van der Waals surface area contributed by atoms with Crippen molar-refractivity contribution in [3.05, 3.63) is 101 Å². The summed E-state index contributed by atoms with van der Waals surface area (Å²) in [6.45, 7) is 0. The molecule has 1 unspecified atom stereocenters. The number of phenolic OH excluding ortho intramolecular Hbond substituents is 2. The van der Waals surface area contributed by atoms with Gasteiger partial charge in [-0.15, -0.1) is 0 Å². The zero-order chi connectivity index (χ0) is 20.9. The molecule has 0 aliphatic carbocycles. The molecule has 3 aromatic rings. The number of hydrogen-bond acceptors (Lipinski definition) is 4. The Kier molecular flexibility index (Phi) is 5.87. The predicted molar refractivity (Wildman–Crippen MR) is 124 cm³/mol. The Labute approximate surface area is 180 Å². The fourth-order valence-corrected chi connectivity index (χ4v) is 3.44. The summed E-state index contributed by atoms with van der Waals surface area (Å²) in [5.74, 6) is 0.496. The lowest BCUT2D eigenvalue weighted by Gasteiger charge is -2.21. The molecule has 1 heterocycles. The van der Waals surface area contributed by atoms with Crippen LogP contribution in [0.15, 0.2) is 90.0 Å². The lowest BCUT2D eigenvalue weighted by Crippen LogP contribution is -2.23. The monoisotopic (exact) mass is 416 g/mol. The van der Waals surface area contributed by atoms with Crippen LogP contribution in [-0.4, -0.2) is 22.0 Å². The first-order valence-electron chi connectivity index (χ1n) is 9.63. The second-order valence-electron chi connectivity index (χ2n) is 7.06. The standard InChI is InChI=1S/C25H21ClN2O2/c26-20-2-1-3-22(16-20)28-23(11-5-19-8-14-25(30)15-9-19)17-21(27-28)10-4-18-6-12-24(29)13-7-18/h1-16,23,29-30H,17H2/b10-4+,11-5+. The molecule has 0 amide bonds. The van der Waals surface area contributed by atoms with Gasteiger partial charge in [0.1, 0.15) is 11.5 Å². The van der Waals surface area contributed by atoms with E-state index >= 15 is 0 Å². The van der Waals surface area contributed by atoms with Crippen LogP contribution in [0, 0.1) is 0 Å². The van der Waals surface area contributed by atoms with E-state index in [0.717, 1.165) is 28.9 Å².